The highest BCUT2D eigenvalue weighted by Crippen LogP contribution is 2.41. The van der Waals surface area contributed by atoms with Crippen molar-refractivity contribution in [3.8, 4) is 5.75 Å². The number of unbranched alkanes of at least 4 members (excludes halogenated alkanes) is 1. The number of phenols is 1. The van der Waals surface area contributed by atoms with Gasteiger partial charge in [-0.3, -0.25) is 9.59 Å². The van der Waals surface area contributed by atoms with Crippen molar-refractivity contribution in [2.75, 3.05) is 13.1 Å². The molecule has 0 spiro atoms. The molecule has 1 fully saturated rings. The summed E-state index contributed by atoms with van der Waals surface area (Å²) in [5.41, 5.74) is -0.323. The average molecular weight is 434 g/mol. The highest BCUT2D eigenvalue weighted by Gasteiger charge is 2.46. The minimum atomic E-state index is -0.985. The molecule has 31 heavy (non-hydrogen) atoms. The van der Waals surface area contributed by atoms with E-state index in [1.807, 2.05) is 13.8 Å². The Kier molecular flexibility index (Phi) is 8.30. The first kappa shape index (κ1) is 24.5. The van der Waals surface area contributed by atoms with Crippen molar-refractivity contribution in [1.29, 1.82) is 0 Å². The van der Waals surface area contributed by atoms with E-state index >= 15 is 0 Å². The van der Waals surface area contributed by atoms with E-state index in [1.54, 1.807) is 39.0 Å². The van der Waals surface area contributed by atoms with Crippen LogP contribution in [0.2, 0.25) is 0 Å². The molecule has 1 aliphatic rings. The summed E-state index contributed by atoms with van der Waals surface area (Å²) < 4.78 is 5.20. The van der Waals surface area contributed by atoms with Gasteiger partial charge in [0.1, 0.15) is 23.9 Å². The lowest BCUT2D eigenvalue weighted by Crippen LogP contribution is -2.49. The second-order valence-electron chi connectivity index (χ2n) is 9.04. The molecule has 0 saturated heterocycles. The third-order valence-electron chi connectivity index (χ3n) is 5.08. The zero-order chi connectivity index (χ0) is 23.2. The van der Waals surface area contributed by atoms with Crippen LogP contribution in [0, 0.1) is 5.92 Å². The SMILES string of the molecule is CCCCNC(=O)C(c1ccccc1O)N(C(=O)CNC(=O)OC(C)(C)C)C1CC1C. The van der Waals surface area contributed by atoms with Crippen LogP contribution in [0.3, 0.4) is 0 Å². The van der Waals surface area contributed by atoms with Crippen LogP contribution in [0.4, 0.5) is 4.79 Å². The number of carbonyl (C=O) groups is 3. The molecule has 0 aromatic heterocycles. The van der Waals surface area contributed by atoms with Gasteiger partial charge >= 0.3 is 6.09 Å². The normalized spacial score (nSPS) is 18.6. The predicted molar refractivity (Wildman–Crippen MR) is 117 cm³/mol. The van der Waals surface area contributed by atoms with Gasteiger partial charge in [0.2, 0.25) is 11.8 Å². The zero-order valence-corrected chi connectivity index (χ0v) is 19.1. The van der Waals surface area contributed by atoms with Crippen molar-refractivity contribution in [3.63, 3.8) is 0 Å². The Labute approximate surface area is 184 Å². The molecular formula is C23H35N3O5. The van der Waals surface area contributed by atoms with Crippen LogP contribution in [-0.4, -0.2) is 52.6 Å². The lowest BCUT2D eigenvalue weighted by molar-refractivity contribution is -0.141. The number of nitrogens with zero attached hydrogens (tertiary/aromatic N) is 1. The van der Waals surface area contributed by atoms with Gasteiger partial charge in [-0.05, 0) is 45.6 Å². The zero-order valence-electron chi connectivity index (χ0n) is 19.1. The maximum absolute atomic E-state index is 13.2. The first-order valence-corrected chi connectivity index (χ1v) is 10.9. The Bertz CT molecular complexity index is 790. The van der Waals surface area contributed by atoms with E-state index in [2.05, 4.69) is 10.6 Å². The van der Waals surface area contributed by atoms with Crippen LogP contribution in [0.1, 0.15) is 65.5 Å². The summed E-state index contributed by atoms with van der Waals surface area (Å²) in [5, 5.41) is 15.8. The molecule has 1 aromatic rings. The van der Waals surface area contributed by atoms with Crippen molar-refractivity contribution in [2.24, 2.45) is 5.92 Å². The van der Waals surface area contributed by atoms with Gasteiger partial charge in [-0.25, -0.2) is 4.79 Å². The number of nitrogens with one attached hydrogen (secondary N) is 2. The van der Waals surface area contributed by atoms with Crippen molar-refractivity contribution in [2.45, 2.75) is 71.6 Å². The monoisotopic (exact) mass is 433 g/mol. The Morgan fingerprint density at radius 2 is 1.87 bits per heavy atom. The number of carbonyl (C=O) groups excluding carboxylic acids is 3. The largest absolute Gasteiger partial charge is 0.508 e. The second-order valence-corrected chi connectivity index (χ2v) is 9.04. The van der Waals surface area contributed by atoms with Crippen LogP contribution in [0.25, 0.3) is 0 Å². The van der Waals surface area contributed by atoms with Crippen LogP contribution < -0.4 is 10.6 Å². The molecule has 1 aromatic carbocycles. The summed E-state index contributed by atoms with van der Waals surface area (Å²) in [7, 11) is 0. The quantitative estimate of drug-likeness (QED) is 0.519. The molecule has 0 radical (unpaired) electrons. The molecule has 2 rings (SSSR count). The minimum absolute atomic E-state index is 0.0515. The van der Waals surface area contributed by atoms with E-state index in [4.69, 9.17) is 4.74 Å². The standard InChI is InChI=1S/C23H35N3O5/c1-6-7-12-24-21(29)20(16-10-8-9-11-18(16)27)26(17-13-15(17)2)19(28)14-25-22(30)31-23(3,4)5/h8-11,15,17,20,27H,6-7,12-14H2,1-5H3,(H,24,29)(H,25,30). The summed E-state index contributed by atoms with van der Waals surface area (Å²) >= 11 is 0. The molecule has 0 heterocycles. The Hall–Kier alpha value is -2.77. The van der Waals surface area contributed by atoms with E-state index < -0.39 is 23.6 Å². The smallest absolute Gasteiger partial charge is 0.408 e. The van der Waals surface area contributed by atoms with Crippen molar-refractivity contribution in [1.82, 2.24) is 15.5 Å². The molecule has 8 nitrogen and oxygen atoms in total. The van der Waals surface area contributed by atoms with E-state index in [9.17, 15) is 19.5 Å². The molecular weight excluding hydrogens is 398 g/mol. The van der Waals surface area contributed by atoms with Gasteiger partial charge in [0.15, 0.2) is 0 Å². The van der Waals surface area contributed by atoms with Crippen molar-refractivity contribution >= 4 is 17.9 Å². The average Bonchev–Trinajstić information content (AvgIpc) is 3.39. The number of aromatic hydroxyl groups is 1. The lowest BCUT2D eigenvalue weighted by atomic mass is 10.0. The summed E-state index contributed by atoms with van der Waals surface area (Å²) in [6.07, 6.45) is 1.79. The third kappa shape index (κ3) is 7.15. The van der Waals surface area contributed by atoms with Gasteiger partial charge in [0.05, 0.1) is 0 Å². The number of rotatable bonds is 9. The van der Waals surface area contributed by atoms with E-state index in [0.717, 1.165) is 19.3 Å². The topological polar surface area (TPSA) is 108 Å². The molecule has 3 N–H and O–H groups in total. The summed E-state index contributed by atoms with van der Waals surface area (Å²) in [6, 6.07) is 5.41. The second kappa shape index (κ2) is 10.5. The Morgan fingerprint density at radius 1 is 1.23 bits per heavy atom. The lowest BCUT2D eigenvalue weighted by Gasteiger charge is -2.32. The van der Waals surface area contributed by atoms with Gasteiger partial charge in [-0.1, -0.05) is 38.5 Å². The molecule has 0 bridgehead atoms. The molecule has 1 aliphatic carbocycles. The first-order chi connectivity index (χ1) is 14.5. The predicted octanol–water partition coefficient (Wildman–Crippen LogP) is 3.11. The Balaban J connectivity index is 2.27. The number of hydrogen-bond acceptors (Lipinski definition) is 5. The fourth-order valence-corrected chi connectivity index (χ4v) is 3.38. The number of hydrogen-bond donors (Lipinski definition) is 3. The number of para-hydroxylation sites is 1. The van der Waals surface area contributed by atoms with Crippen LogP contribution in [0.15, 0.2) is 24.3 Å². The number of ether oxygens (including phenoxy) is 1. The molecule has 172 valence electrons. The van der Waals surface area contributed by atoms with Gasteiger partial charge in [0.25, 0.3) is 0 Å². The summed E-state index contributed by atoms with van der Waals surface area (Å²) in [5.74, 6) is -0.578. The summed E-state index contributed by atoms with van der Waals surface area (Å²) in [4.78, 5) is 39.9. The number of alkyl carbamates (subject to hydrolysis) is 1. The molecule has 1 saturated carbocycles. The highest BCUT2D eigenvalue weighted by molar-refractivity contribution is 5.91. The molecule has 3 amide bonds. The third-order valence-corrected chi connectivity index (χ3v) is 5.08. The van der Waals surface area contributed by atoms with Gasteiger partial charge < -0.3 is 25.4 Å². The van der Waals surface area contributed by atoms with Gasteiger partial charge in [-0.15, -0.1) is 0 Å². The van der Waals surface area contributed by atoms with E-state index in [0.29, 0.717) is 12.1 Å². The van der Waals surface area contributed by atoms with Crippen molar-refractivity contribution < 1.29 is 24.2 Å². The van der Waals surface area contributed by atoms with Crippen LogP contribution in [-0.2, 0) is 14.3 Å². The van der Waals surface area contributed by atoms with Crippen molar-refractivity contribution in [3.05, 3.63) is 29.8 Å². The first-order valence-electron chi connectivity index (χ1n) is 10.9. The molecule has 3 unspecified atom stereocenters. The maximum Gasteiger partial charge on any atom is 0.408 e. The summed E-state index contributed by atoms with van der Waals surface area (Å²) in [6.45, 7) is 9.42. The van der Waals surface area contributed by atoms with E-state index in [-0.39, 0.29) is 30.2 Å². The fraction of sp³-hybridized carbons (Fsp3) is 0.609. The van der Waals surface area contributed by atoms with Crippen LogP contribution in [0.5, 0.6) is 5.75 Å². The van der Waals surface area contributed by atoms with Gasteiger partial charge in [-0.2, -0.15) is 0 Å². The molecule has 3 atom stereocenters. The fourth-order valence-electron chi connectivity index (χ4n) is 3.38. The molecule has 8 heteroatoms. The number of phenolic OH excluding ortho intramolecular Hbond substituents is 1. The maximum atomic E-state index is 13.2. The Morgan fingerprint density at radius 3 is 2.42 bits per heavy atom. The number of amides is 3. The molecule has 0 aliphatic heterocycles. The number of benzene rings is 1. The van der Waals surface area contributed by atoms with Crippen LogP contribution >= 0.6 is 0 Å². The van der Waals surface area contributed by atoms with E-state index in [1.165, 1.54) is 11.0 Å². The highest BCUT2D eigenvalue weighted by atomic mass is 16.6. The van der Waals surface area contributed by atoms with Gasteiger partial charge in [0, 0.05) is 18.2 Å². The minimum Gasteiger partial charge on any atom is -0.508 e.